The molecule has 0 bridgehead atoms. The highest BCUT2D eigenvalue weighted by Gasteiger charge is 2.17. The number of nitrogens with zero attached hydrogens (tertiary/aromatic N) is 4. The Balaban J connectivity index is 1.48. The zero-order valence-corrected chi connectivity index (χ0v) is 18.4. The van der Waals surface area contributed by atoms with Crippen LogP contribution in [-0.2, 0) is 18.3 Å². The third kappa shape index (κ3) is 4.46. The molecule has 1 aromatic heterocycles. The van der Waals surface area contributed by atoms with E-state index in [-0.39, 0.29) is 17.9 Å². The first-order valence-electron chi connectivity index (χ1n) is 10.8. The third-order valence-corrected chi connectivity index (χ3v) is 6.03. The molecule has 2 heterocycles. The van der Waals surface area contributed by atoms with Crippen molar-refractivity contribution >= 4 is 28.1 Å². The van der Waals surface area contributed by atoms with Crippen LogP contribution in [0.15, 0.2) is 47.3 Å². The van der Waals surface area contributed by atoms with Crippen LogP contribution in [0.25, 0.3) is 10.8 Å². The van der Waals surface area contributed by atoms with Gasteiger partial charge in [0, 0.05) is 50.0 Å². The minimum atomic E-state index is -0.161. The van der Waals surface area contributed by atoms with Gasteiger partial charge in [-0.05, 0) is 43.3 Å². The topological polar surface area (TPSA) is 70.5 Å². The van der Waals surface area contributed by atoms with Crippen molar-refractivity contribution in [3.63, 3.8) is 0 Å². The number of carbonyl (C=O) groups excluding carboxylic acids is 1. The van der Waals surface area contributed by atoms with Crippen LogP contribution in [0.2, 0.25) is 0 Å². The number of hydrogen-bond donors (Lipinski definition) is 1. The van der Waals surface area contributed by atoms with E-state index in [1.165, 1.54) is 10.4 Å². The maximum absolute atomic E-state index is 12.8. The van der Waals surface area contributed by atoms with Crippen molar-refractivity contribution < 1.29 is 4.79 Å². The molecule has 2 aromatic carbocycles. The van der Waals surface area contributed by atoms with E-state index in [9.17, 15) is 9.59 Å². The molecule has 31 heavy (non-hydrogen) atoms. The number of aryl methyl sites for hydroxylation is 2. The van der Waals surface area contributed by atoms with Gasteiger partial charge < -0.3 is 15.1 Å². The molecule has 1 saturated heterocycles. The molecule has 1 N–H and O–H groups in total. The predicted octanol–water partition coefficient (Wildman–Crippen LogP) is 2.57. The van der Waals surface area contributed by atoms with Crippen LogP contribution in [0, 0.1) is 6.92 Å². The number of anilines is 2. The van der Waals surface area contributed by atoms with Crippen molar-refractivity contribution in [1.82, 2.24) is 14.7 Å². The van der Waals surface area contributed by atoms with E-state index in [1.807, 2.05) is 31.2 Å². The van der Waals surface area contributed by atoms with Gasteiger partial charge in [0.05, 0.1) is 17.5 Å². The standard InChI is InChI=1S/C24H29N5O2/c1-4-28-11-13-29(14-12-28)18-9-10-21(17(2)15-18)25-23(30)16-22-19-7-5-6-8-20(19)24(31)27(3)26-22/h5-10,15H,4,11-14,16H2,1-3H3,(H,25,30). The molecule has 162 valence electrons. The lowest BCUT2D eigenvalue weighted by Crippen LogP contribution is -2.46. The summed E-state index contributed by atoms with van der Waals surface area (Å²) in [5, 5.41) is 8.63. The van der Waals surface area contributed by atoms with Crippen LogP contribution in [0.1, 0.15) is 18.2 Å². The lowest BCUT2D eigenvalue weighted by Gasteiger charge is -2.35. The van der Waals surface area contributed by atoms with Crippen LogP contribution in [0.4, 0.5) is 11.4 Å². The summed E-state index contributed by atoms with van der Waals surface area (Å²) in [6.45, 7) is 9.50. The molecule has 7 heteroatoms. The molecular weight excluding hydrogens is 390 g/mol. The van der Waals surface area contributed by atoms with Crippen LogP contribution >= 0.6 is 0 Å². The molecule has 0 spiro atoms. The summed E-state index contributed by atoms with van der Waals surface area (Å²) < 4.78 is 1.29. The van der Waals surface area contributed by atoms with Crippen molar-refractivity contribution in [2.45, 2.75) is 20.3 Å². The van der Waals surface area contributed by atoms with Gasteiger partial charge in [-0.25, -0.2) is 4.68 Å². The number of carbonyl (C=O) groups is 1. The second-order valence-electron chi connectivity index (χ2n) is 8.07. The summed E-state index contributed by atoms with van der Waals surface area (Å²) in [6.07, 6.45) is 0.106. The van der Waals surface area contributed by atoms with Gasteiger partial charge in [-0.1, -0.05) is 25.1 Å². The van der Waals surface area contributed by atoms with Crippen molar-refractivity contribution in [3.8, 4) is 0 Å². The first kappa shape index (κ1) is 21.1. The third-order valence-electron chi connectivity index (χ3n) is 6.03. The second kappa shape index (κ2) is 8.89. The van der Waals surface area contributed by atoms with Crippen LogP contribution in [0.5, 0.6) is 0 Å². The minimum Gasteiger partial charge on any atom is -0.369 e. The predicted molar refractivity (Wildman–Crippen MR) is 125 cm³/mol. The number of fused-ring (bicyclic) bond motifs is 1. The average Bonchev–Trinajstić information content (AvgIpc) is 2.79. The molecule has 0 unspecified atom stereocenters. The highest BCUT2D eigenvalue weighted by molar-refractivity contribution is 5.95. The Labute approximate surface area is 182 Å². The maximum Gasteiger partial charge on any atom is 0.274 e. The summed E-state index contributed by atoms with van der Waals surface area (Å²) >= 11 is 0. The van der Waals surface area contributed by atoms with Gasteiger partial charge in [0.25, 0.3) is 5.56 Å². The van der Waals surface area contributed by atoms with Gasteiger partial charge in [-0.15, -0.1) is 0 Å². The molecule has 1 amide bonds. The number of likely N-dealkylation sites (N-methyl/N-ethyl adjacent to an activating group) is 1. The lowest BCUT2D eigenvalue weighted by atomic mass is 10.1. The number of hydrogen-bond acceptors (Lipinski definition) is 5. The summed E-state index contributed by atoms with van der Waals surface area (Å²) in [5.74, 6) is -0.149. The van der Waals surface area contributed by atoms with E-state index in [0.717, 1.165) is 49.4 Å². The molecule has 0 aliphatic carbocycles. The molecule has 0 atom stereocenters. The fourth-order valence-electron chi connectivity index (χ4n) is 4.16. The van der Waals surface area contributed by atoms with Crippen LogP contribution in [0.3, 0.4) is 0 Å². The first-order chi connectivity index (χ1) is 15.0. The smallest absolute Gasteiger partial charge is 0.274 e. The summed E-state index contributed by atoms with van der Waals surface area (Å²) in [5.41, 5.74) is 3.46. The largest absolute Gasteiger partial charge is 0.369 e. The zero-order chi connectivity index (χ0) is 22.0. The Bertz CT molecular complexity index is 1160. The maximum atomic E-state index is 12.8. The lowest BCUT2D eigenvalue weighted by molar-refractivity contribution is -0.115. The van der Waals surface area contributed by atoms with Gasteiger partial charge in [0.15, 0.2) is 0 Å². The molecule has 1 aliphatic rings. The number of piperazine rings is 1. The number of aromatic nitrogens is 2. The zero-order valence-electron chi connectivity index (χ0n) is 18.4. The number of nitrogens with one attached hydrogen (secondary N) is 1. The van der Waals surface area contributed by atoms with Crippen molar-refractivity contribution in [3.05, 3.63) is 64.1 Å². The molecular formula is C24H29N5O2. The van der Waals surface area contributed by atoms with Crippen molar-refractivity contribution in [2.75, 3.05) is 42.9 Å². The van der Waals surface area contributed by atoms with Crippen molar-refractivity contribution in [2.24, 2.45) is 7.05 Å². The van der Waals surface area contributed by atoms with E-state index in [1.54, 1.807) is 13.1 Å². The molecule has 3 aromatic rings. The molecule has 4 rings (SSSR count). The molecule has 1 fully saturated rings. The van der Waals surface area contributed by atoms with E-state index in [4.69, 9.17) is 0 Å². The fourth-order valence-corrected chi connectivity index (χ4v) is 4.16. The highest BCUT2D eigenvalue weighted by atomic mass is 16.1. The normalized spacial score (nSPS) is 14.7. The van der Waals surface area contributed by atoms with Gasteiger partial charge in [-0.3, -0.25) is 9.59 Å². The first-order valence-corrected chi connectivity index (χ1v) is 10.8. The van der Waals surface area contributed by atoms with Crippen molar-refractivity contribution in [1.29, 1.82) is 0 Å². The van der Waals surface area contributed by atoms with E-state index < -0.39 is 0 Å². The number of amides is 1. The molecule has 0 radical (unpaired) electrons. The number of rotatable bonds is 5. The Hall–Kier alpha value is -3.19. The molecule has 0 saturated carbocycles. The Morgan fingerprint density at radius 1 is 1.06 bits per heavy atom. The quantitative estimate of drug-likeness (QED) is 0.688. The van der Waals surface area contributed by atoms with Crippen LogP contribution < -0.4 is 15.8 Å². The second-order valence-corrected chi connectivity index (χ2v) is 8.07. The average molecular weight is 420 g/mol. The monoisotopic (exact) mass is 419 g/mol. The van der Waals surface area contributed by atoms with Crippen LogP contribution in [-0.4, -0.2) is 53.3 Å². The SMILES string of the molecule is CCN1CCN(c2ccc(NC(=O)Cc3nn(C)c(=O)c4ccccc34)c(C)c2)CC1. The van der Waals surface area contributed by atoms with E-state index in [0.29, 0.717) is 11.1 Å². The van der Waals surface area contributed by atoms with E-state index in [2.05, 4.69) is 39.3 Å². The van der Waals surface area contributed by atoms with E-state index >= 15 is 0 Å². The summed E-state index contributed by atoms with van der Waals surface area (Å²) in [6, 6.07) is 13.5. The Morgan fingerprint density at radius 2 is 1.77 bits per heavy atom. The molecule has 7 nitrogen and oxygen atoms in total. The Kier molecular flexibility index (Phi) is 6.04. The van der Waals surface area contributed by atoms with Gasteiger partial charge in [0.1, 0.15) is 0 Å². The summed E-state index contributed by atoms with van der Waals surface area (Å²) in [7, 11) is 1.61. The fraction of sp³-hybridized carbons (Fsp3) is 0.375. The summed E-state index contributed by atoms with van der Waals surface area (Å²) in [4.78, 5) is 29.9. The van der Waals surface area contributed by atoms with Gasteiger partial charge >= 0.3 is 0 Å². The minimum absolute atomic E-state index is 0.106. The molecule has 1 aliphatic heterocycles. The van der Waals surface area contributed by atoms with Gasteiger partial charge in [-0.2, -0.15) is 5.10 Å². The van der Waals surface area contributed by atoms with Gasteiger partial charge in [0.2, 0.25) is 5.91 Å². The highest BCUT2D eigenvalue weighted by Crippen LogP contribution is 2.24. The Morgan fingerprint density at radius 3 is 2.45 bits per heavy atom. The number of benzene rings is 2.